The Labute approximate surface area is 127 Å². The molecule has 0 saturated heterocycles. The number of nitrogens with one attached hydrogen (secondary N) is 1. The number of benzene rings is 2. The minimum atomic E-state index is 0.412. The zero-order valence-electron chi connectivity index (χ0n) is 12.4. The van der Waals surface area contributed by atoms with Gasteiger partial charge in [-0.05, 0) is 36.8 Å². The highest BCUT2D eigenvalue weighted by Crippen LogP contribution is 2.19. The van der Waals surface area contributed by atoms with Crippen LogP contribution in [0.4, 0.5) is 0 Å². The summed E-state index contributed by atoms with van der Waals surface area (Å²) in [5.74, 6) is 1.84. The second-order valence-electron chi connectivity index (χ2n) is 5.51. The van der Waals surface area contributed by atoms with Crippen molar-refractivity contribution < 1.29 is 0 Å². The van der Waals surface area contributed by atoms with Crippen molar-refractivity contribution in [3.05, 3.63) is 59.7 Å². The van der Waals surface area contributed by atoms with Crippen molar-refractivity contribution in [3.63, 3.8) is 0 Å². The van der Waals surface area contributed by atoms with Crippen molar-refractivity contribution in [2.75, 3.05) is 0 Å². The standard InChI is InChI=1S/C17H17N5/c1-11-6-7-12-14(8-11)20-16(19-12)9-17-21-13-4-2-3-5-15(13)22(17)10-18/h2-8H,9-10,18H2,1H3,(H,19,20). The van der Waals surface area contributed by atoms with Gasteiger partial charge in [0.1, 0.15) is 11.6 Å². The van der Waals surface area contributed by atoms with E-state index in [1.54, 1.807) is 0 Å². The van der Waals surface area contributed by atoms with E-state index in [4.69, 9.17) is 5.73 Å². The first kappa shape index (κ1) is 13.0. The lowest BCUT2D eigenvalue weighted by atomic mass is 10.2. The number of nitrogens with zero attached hydrogens (tertiary/aromatic N) is 3. The van der Waals surface area contributed by atoms with Gasteiger partial charge in [0.15, 0.2) is 0 Å². The number of rotatable bonds is 3. The number of imidazole rings is 2. The molecule has 2 heterocycles. The van der Waals surface area contributed by atoms with E-state index in [-0.39, 0.29) is 0 Å². The van der Waals surface area contributed by atoms with E-state index in [2.05, 4.69) is 34.0 Å². The van der Waals surface area contributed by atoms with Gasteiger partial charge in [-0.25, -0.2) is 9.97 Å². The van der Waals surface area contributed by atoms with E-state index in [9.17, 15) is 0 Å². The van der Waals surface area contributed by atoms with E-state index in [1.165, 1.54) is 5.56 Å². The molecule has 22 heavy (non-hydrogen) atoms. The topological polar surface area (TPSA) is 72.5 Å². The summed E-state index contributed by atoms with van der Waals surface area (Å²) in [5, 5.41) is 0. The Kier molecular flexibility index (Phi) is 2.94. The van der Waals surface area contributed by atoms with Gasteiger partial charge in [-0.3, -0.25) is 0 Å². The molecule has 0 amide bonds. The number of aromatic amines is 1. The van der Waals surface area contributed by atoms with Gasteiger partial charge in [0.2, 0.25) is 0 Å². The first-order valence-electron chi connectivity index (χ1n) is 7.34. The van der Waals surface area contributed by atoms with Gasteiger partial charge in [0.25, 0.3) is 0 Å². The fourth-order valence-corrected chi connectivity index (χ4v) is 2.87. The highest BCUT2D eigenvalue weighted by molar-refractivity contribution is 5.77. The molecular weight excluding hydrogens is 274 g/mol. The van der Waals surface area contributed by atoms with Crippen molar-refractivity contribution in [2.24, 2.45) is 5.73 Å². The number of hydrogen-bond acceptors (Lipinski definition) is 3. The maximum Gasteiger partial charge on any atom is 0.118 e. The van der Waals surface area contributed by atoms with E-state index in [0.717, 1.165) is 33.7 Å². The highest BCUT2D eigenvalue weighted by atomic mass is 15.1. The molecule has 2 aromatic heterocycles. The number of hydrogen-bond donors (Lipinski definition) is 2. The Morgan fingerprint density at radius 3 is 2.82 bits per heavy atom. The van der Waals surface area contributed by atoms with E-state index in [1.807, 2.05) is 34.9 Å². The summed E-state index contributed by atoms with van der Waals surface area (Å²) < 4.78 is 2.04. The minimum Gasteiger partial charge on any atom is -0.342 e. The van der Waals surface area contributed by atoms with Crippen LogP contribution in [0.15, 0.2) is 42.5 Å². The van der Waals surface area contributed by atoms with Crippen LogP contribution in [0.3, 0.4) is 0 Å². The molecule has 0 aliphatic rings. The molecule has 4 aromatic rings. The second-order valence-corrected chi connectivity index (χ2v) is 5.51. The SMILES string of the molecule is Cc1ccc2nc(Cc3nc4ccccc4n3CN)[nH]c2c1. The van der Waals surface area contributed by atoms with Gasteiger partial charge in [-0.2, -0.15) is 0 Å². The largest absolute Gasteiger partial charge is 0.342 e. The summed E-state index contributed by atoms with van der Waals surface area (Å²) in [6.45, 7) is 2.49. The molecule has 0 unspecified atom stereocenters. The normalized spacial score (nSPS) is 11.5. The van der Waals surface area contributed by atoms with Gasteiger partial charge >= 0.3 is 0 Å². The smallest absolute Gasteiger partial charge is 0.118 e. The maximum atomic E-state index is 5.90. The monoisotopic (exact) mass is 291 g/mol. The van der Waals surface area contributed by atoms with Gasteiger partial charge in [0.05, 0.1) is 35.2 Å². The van der Waals surface area contributed by atoms with Crippen LogP contribution in [-0.2, 0) is 13.1 Å². The number of para-hydroxylation sites is 2. The molecule has 0 bridgehead atoms. The zero-order valence-corrected chi connectivity index (χ0v) is 12.4. The molecule has 2 aromatic carbocycles. The third-order valence-corrected chi connectivity index (χ3v) is 3.93. The van der Waals surface area contributed by atoms with E-state index < -0.39 is 0 Å². The fraction of sp³-hybridized carbons (Fsp3) is 0.176. The molecule has 110 valence electrons. The second kappa shape index (κ2) is 4.96. The molecule has 0 atom stereocenters. The number of nitrogens with two attached hydrogens (primary N) is 1. The van der Waals surface area contributed by atoms with Crippen LogP contribution in [0, 0.1) is 6.92 Å². The van der Waals surface area contributed by atoms with Crippen molar-refractivity contribution in [1.29, 1.82) is 0 Å². The van der Waals surface area contributed by atoms with Crippen LogP contribution in [0.2, 0.25) is 0 Å². The van der Waals surface area contributed by atoms with Crippen LogP contribution < -0.4 is 5.73 Å². The average Bonchev–Trinajstić information content (AvgIpc) is 3.06. The van der Waals surface area contributed by atoms with Crippen LogP contribution in [0.1, 0.15) is 17.2 Å². The maximum absolute atomic E-state index is 5.90. The third-order valence-electron chi connectivity index (χ3n) is 3.93. The van der Waals surface area contributed by atoms with Gasteiger partial charge < -0.3 is 15.3 Å². The molecule has 3 N–H and O–H groups in total. The lowest BCUT2D eigenvalue weighted by molar-refractivity contribution is 0.703. The Morgan fingerprint density at radius 1 is 1.09 bits per heavy atom. The van der Waals surface area contributed by atoms with E-state index >= 15 is 0 Å². The molecule has 0 radical (unpaired) electrons. The highest BCUT2D eigenvalue weighted by Gasteiger charge is 2.12. The summed E-state index contributed by atoms with van der Waals surface area (Å²) in [4.78, 5) is 12.7. The van der Waals surface area contributed by atoms with Gasteiger partial charge in [-0.1, -0.05) is 18.2 Å². The van der Waals surface area contributed by atoms with Crippen LogP contribution in [0.5, 0.6) is 0 Å². The zero-order chi connectivity index (χ0) is 15.1. The van der Waals surface area contributed by atoms with Crippen LogP contribution >= 0.6 is 0 Å². The predicted octanol–water partition coefficient (Wildman–Crippen LogP) is 2.73. The van der Waals surface area contributed by atoms with Crippen molar-refractivity contribution >= 4 is 22.1 Å². The molecule has 0 spiro atoms. The number of H-pyrrole nitrogens is 1. The molecular formula is C17H17N5. The number of fused-ring (bicyclic) bond motifs is 2. The van der Waals surface area contributed by atoms with E-state index in [0.29, 0.717) is 13.1 Å². The number of aryl methyl sites for hydroxylation is 1. The molecule has 0 aliphatic carbocycles. The fourth-order valence-electron chi connectivity index (χ4n) is 2.87. The Balaban J connectivity index is 1.78. The first-order chi connectivity index (χ1) is 10.7. The minimum absolute atomic E-state index is 0.412. The van der Waals surface area contributed by atoms with Gasteiger partial charge in [0, 0.05) is 0 Å². The Hall–Kier alpha value is -2.66. The summed E-state index contributed by atoms with van der Waals surface area (Å²) >= 11 is 0. The molecule has 5 nitrogen and oxygen atoms in total. The Bertz CT molecular complexity index is 964. The average molecular weight is 291 g/mol. The van der Waals surface area contributed by atoms with Crippen molar-refractivity contribution in [1.82, 2.24) is 19.5 Å². The molecule has 0 fully saturated rings. The van der Waals surface area contributed by atoms with Crippen molar-refractivity contribution in [2.45, 2.75) is 20.0 Å². The molecule has 0 aliphatic heterocycles. The molecule has 5 heteroatoms. The summed E-state index contributed by atoms with van der Waals surface area (Å²) in [6, 6.07) is 14.3. The predicted molar refractivity (Wildman–Crippen MR) is 87.6 cm³/mol. The van der Waals surface area contributed by atoms with Crippen molar-refractivity contribution in [3.8, 4) is 0 Å². The summed E-state index contributed by atoms with van der Waals surface area (Å²) in [6.07, 6.45) is 0.638. The first-order valence-corrected chi connectivity index (χ1v) is 7.34. The van der Waals surface area contributed by atoms with Gasteiger partial charge in [-0.15, -0.1) is 0 Å². The molecule has 4 rings (SSSR count). The third kappa shape index (κ3) is 2.07. The number of aromatic nitrogens is 4. The summed E-state index contributed by atoms with van der Waals surface area (Å²) in [7, 11) is 0. The summed E-state index contributed by atoms with van der Waals surface area (Å²) in [5.41, 5.74) is 11.2. The lowest BCUT2D eigenvalue weighted by Crippen LogP contribution is -2.11. The molecule has 0 saturated carbocycles. The van der Waals surface area contributed by atoms with Crippen LogP contribution in [-0.4, -0.2) is 19.5 Å². The van der Waals surface area contributed by atoms with Crippen LogP contribution in [0.25, 0.3) is 22.1 Å². The lowest BCUT2D eigenvalue weighted by Gasteiger charge is -2.04. The quantitative estimate of drug-likeness (QED) is 0.609. The Morgan fingerprint density at radius 2 is 1.95 bits per heavy atom.